The molecule has 0 spiro atoms. The van der Waals surface area contributed by atoms with Crippen LogP contribution in [0.5, 0.6) is 0 Å². The normalized spacial score (nSPS) is 17.0. The minimum atomic E-state index is -0.252. The first-order chi connectivity index (χ1) is 9.32. The molecule has 1 amide bonds. The van der Waals surface area contributed by atoms with Gasteiger partial charge in [-0.3, -0.25) is 4.79 Å². The number of primary amides is 1. The highest BCUT2D eigenvalue weighted by molar-refractivity contribution is 5.77. The Morgan fingerprint density at radius 1 is 1.45 bits per heavy atom. The van der Waals surface area contributed by atoms with Gasteiger partial charge in [-0.05, 0) is 12.8 Å². The molecule has 108 valence electrons. The third-order valence-electron chi connectivity index (χ3n) is 3.54. The number of hydrogen-bond donors (Lipinski definition) is 1. The number of oxazole rings is 1. The zero-order valence-corrected chi connectivity index (χ0v) is 12.1. The highest BCUT2D eigenvalue weighted by Crippen LogP contribution is 2.31. The number of rotatable bonds is 2. The molecule has 20 heavy (non-hydrogen) atoms. The smallest absolute Gasteiger partial charge is 0.234 e. The number of carbonyl (C=O) groups excluding carboxylic acids is 1. The second-order valence-corrected chi connectivity index (χ2v) is 6.20. The van der Waals surface area contributed by atoms with Crippen molar-refractivity contribution in [1.82, 2.24) is 4.98 Å². The van der Waals surface area contributed by atoms with Crippen molar-refractivity contribution in [2.75, 3.05) is 18.0 Å². The van der Waals surface area contributed by atoms with E-state index in [0.29, 0.717) is 43.4 Å². The summed E-state index contributed by atoms with van der Waals surface area (Å²) in [4.78, 5) is 17.4. The molecule has 0 aliphatic carbocycles. The van der Waals surface area contributed by atoms with Crippen LogP contribution in [0.3, 0.4) is 0 Å². The fraction of sp³-hybridized carbons (Fsp3) is 0.643. The molecule has 2 heterocycles. The van der Waals surface area contributed by atoms with Gasteiger partial charge in [0.05, 0.1) is 0 Å². The maximum atomic E-state index is 11.2. The fourth-order valence-electron chi connectivity index (χ4n) is 2.29. The van der Waals surface area contributed by atoms with E-state index < -0.39 is 0 Å². The van der Waals surface area contributed by atoms with Crippen LogP contribution < -0.4 is 10.6 Å². The number of nitriles is 1. The first-order valence-corrected chi connectivity index (χ1v) is 6.78. The van der Waals surface area contributed by atoms with Crippen molar-refractivity contribution in [2.45, 2.75) is 39.0 Å². The molecule has 0 unspecified atom stereocenters. The number of piperidine rings is 1. The van der Waals surface area contributed by atoms with Crippen LogP contribution in [-0.4, -0.2) is 24.0 Å². The molecule has 0 atom stereocenters. The monoisotopic (exact) mass is 276 g/mol. The van der Waals surface area contributed by atoms with E-state index in [1.807, 2.05) is 25.7 Å². The lowest BCUT2D eigenvalue weighted by Crippen LogP contribution is -2.38. The summed E-state index contributed by atoms with van der Waals surface area (Å²) in [6.45, 7) is 7.28. The lowest BCUT2D eigenvalue weighted by Gasteiger charge is -2.30. The number of aromatic nitrogens is 1. The van der Waals surface area contributed by atoms with Crippen molar-refractivity contribution in [3.05, 3.63) is 11.6 Å². The highest BCUT2D eigenvalue weighted by atomic mass is 16.4. The maximum absolute atomic E-state index is 11.2. The Balaban J connectivity index is 2.20. The van der Waals surface area contributed by atoms with Gasteiger partial charge in [0, 0.05) is 24.4 Å². The van der Waals surface area contributed by atoms with Crippen LogP contribution in [0.25, 0.3) is 0 Å². The van der Waals surface area contributed by atoms with E-state index in [4.69, 9.17) is 10.2 Å². The molecule has 6 nitrogen and oxygen atoms in total. The molecule has 0 saturated carbocycles. The second-order valence-electron chi connectivity index (χ2n) is 6.20. The molecular formula is C14H20N4O2. The molecule has 1 aliphatic rings. The first kappa shape index (κ1) is 14.4. The SMILES string of the molecule is CC(C)(C)c1nc(C#N)c(N2CCC(C(N)=O)CC2)o1. The minimum Gasteiger partial charge on any atom is -0.423 e. The molecule has 6 heteroatoms. The third kappa shape index (κ3) is 2.77. The minimum absolute atomic E-state index is 0.0817. The largest absolute Gasteiger partial charge is 0.423 e. The summed E-state index contributed by atoms with van der Waals surface area (Å²) >= 11 is 0. The molecule has 0 radical (unpaired) electrons. The Morgan fingerprint density at radius 3 is 2.50 bits per heavy atom. The summed E-state index contributed by atoms with van der Waals surface area (Å²) in [7, 11) is 0. The first-order valence-electron chi connectivity index (χ1n) is 6.78. The summed E-state index contributed by atoms with van der Waals surface area (Å²) in [6.07, 6.45) is 1.37. The number of anilines is 1. The average Bonchev–Trinajstić information content (AvgIpc) is 2.82. The summed E-state index contributed by atoms with van der Waals surface area (Å²) in [5, 5.41) is 9.20. The van der Waals surface area contributed by atoms with Gasteiger partial charge in [0.15, 0.2) is 0 Å². The van der Waals surface area contributed by atoms with E-state index in [-0.39, 0.29) is 17.2 Å². The number of nitrogens with zero attached hydrogens (tertiary/aromatic N) is 3. The van der Waals surface area contributed by atoms with Crippen molar-refractivity contribution in [3.63, 3.8) is 0 Å². The van der Waals surface area contributed by atoms with Crippen LogP contribution in [0, 0.1) is 17.2 Å². The van der Waals surface area contributed by atoms with Crippen LogP contribution in [0.15, 0.2) is 4.42 Å². The van der Waals surface area contributed by atoms with Crippen molar-refractivity contribution >= 4 is 11.8 Å². The topological polar surface area (TPSA) is 96.1 Å². The predicted molar refractivity (Wildman–Crippen MR) is 74.0 cm³/mol. The van der Waals surface area contributed by atoms with Gasteiger partial charge >= 0.3 is 0 Å². The van der Waals surface area contributed by atoms with Gasteiger partial charge in [0.2, 0.25) is 23.4 Å². The average molecular weight is 276 g/mol. The van der Waals surface area contributed by atoms with Crippen LogP contribution in [0.4, 0.5) is 5.88 Å². The van der Waals surface area contributed by atoms with Crippen molar-refractivity contribution in [1.29, 1.82) is 5.26 Å². The molecule has 1 saturated heterocycles. The second kappa shape index (κ2) is 5.16. The Kier molecular flexibility index (Phi) is 3.71. The van der Waals surface area contributed by atoms with Crippen LogP contribution >= 0.6 is 0 Å². The van der Waals surface area contributed by atoms with Crippen LogP contribution in [0.2, 0.25) is 0 Å². The van der Waals surface area contributed by atoms with Crippen molar-refractivity contribution in [3.8, 4) is 6.07 Å². The predicted octanol–water partition coefficient (Wildman–Crippen LogP) is 1.55. The van der Waals surface area contributed by atoms with E-state index in [1.165, 1.54) is 0 Å². The number of amides is 1. The van der Waals surface area contributed by atoms with Gasteiger partial charge in [-0.2, -0.15) is 10.2 Å². The van der Waals surface area contributed by atoms with E-state index in [9.17, 15) is 10.1 Å². The van der Waals surface area contributed by atoms with Crippen molar-refractivity contribution < 1.29 is 9.21 Å². The highest BCUT2D eigenvalue weighted by Gasteiger charge is 2.30. The molecule has 1 aromatic heterocycles. The van der Waals surface area contributed by atoms with E-state index in [2.05, 4.69) is 11.1 Å². The standard InChI is InChI=1S/C14H20N4O2/c1-14(2,3)13-17-10(8-15)12(20-13)18-6-4-9(5-7-18)11(16)19/h9H,4-7H2,1-3H3,(H2,16,19). The van der Waals surface area contributed by atoms with Gasteiger partial charge in [-0.1, -0.05) is 20.8 Å². The van der Waals surface area contributed by atoms with E-state index in [0.717, 1.165) is 0 Å². The molecule has 0 bridgehead atoms. The van der Waals surface area contributed by atoms with E-state index in [1.54, 1.807) is 0 Å². The number of nitrogens with two attached hydrogens (primary N) is 1. The lowest BCUT2D eigenvalue weighted by atomic mass is 9.96. The quantitative estimate of drug-likeness (QED) is 0.884. The van der Waals surface area contributed by atoms with Crippen LogP contribution in [-0.2, 0) is 10.2 Å². The molecule has 1 aliphatic heterocycles. The Labute approximate surface area is 118 Å². The summed E-state index contributed by atoms with van der Waals surface area (Å²) in [5.74, 6) is 0.737. The molecule has 0 aromatic carbocycles. The third-order valence-corrected chi connectivity index (χ3v) is 3.54. The molecule has 2 N–H and O–H groups in total. The van der Waals surface area contributed by atoms with Crippen LogP contribution in [0.1, 0.15) is 45.2 Å². The molecule has 2 rings (SSSR count). The maximum Gasteiger partial charge on any atom is 0.234 e. The Hall–Kier alpha value is -2.03. The molecule has 1 aromatic rings. The van der Waals surface area contributed by atoms with Gasteiger partial charge in [0.25, 0.3) is 0 Å². The van der Waals surface area contributed by atoms with Crippen molar-refractivity contribution in [2.24, 2.45) is 11.7 Å². The Bertz CT molecular complexity index is 543. The van der Waals surface area contributed by atoms with Gasteiger partial charge in [0.1, 0.15) is 6.07 Å². The summed E-state index contributed by atoms with van der Waals surface area (Å²) < 4.78 is 5.78. The zero-order valence-electron chi connectivity index (χ0n) is 12.1. The molecular weight excluding hydrogens is 256 g/mol. The zero-order chi connectivity index (χ0) is 14.9. The Morgan fingerprint density at radius 2 is 2.05 bits per heavy atom. The van der Waals surface area contributed by atoms with Gasteiger partial charge in [-0.15, -0.1) is 0 Å². The van der Waals surface area contributed by atoms with Gasteiger partial charge < -0.3 is 15.1 Å². The summed E-state index contributed by atoms with van der Waals surface area (Å²) in [5.41, 5.74) is 5.39. The lowest BCUT2D eigenvalue weighted by molar-refractivity contribution is -0.122. The van der Waals surface area contributed by atoms with Gasteiger partial charge in [-0.25, -0.2) is 0 Å². The van der Waals surface area contributed by atoms with E-state index >= 15 is 0 Å². The number of carbonyl (C=O) groups is 1. The fourth-order valence-corrected chi connectivity index (χ4v) is 2.29. The number of hydrogen-bond acceptors (Lipinski definition) is 5. The molecule has 1 fully saturated rings. The summed E-state index contributed by atoms with van der Waals surface area (Å²) in [6, 6.07) is 2.08.